The zero-order valence-corrected chi connectivity index (χ0v) is 18.0. The van der Waals surface area contributed by atoms with E-state index in [4.69, 9.17) is 0 Å². The van der Waals surface area contributed by atoms with Crippen LogP contribution < -0.4 is 10.6 Å². The first-order chi connectivity index (χ1) is 15.4. The number of hydrogen-bond acceptors (Lipinski definition) is 3. The normalized spacial score (nSPS) is 16.2. The number of fused-ring (bicyclic) bond motifs is 4. The highest BCUT2D eigenvalue weighted by Crippen LogP contribution is 2.44. The van der Waals surface area contributed by atoms with Gasteiger partial charge in [0.15, 0.2) is 5.78 Å². The van der Waals surface area contributed by atoms with Crippen molar-refractivity contribution in [2.45, 2.75) is 38.1 Å². The van der Waals surface area contributed by atoms with Crippen LogP contribution in [-0.4, -0.2) is 28.7 Å². The quantitative estimate of drug-likeness (QED) is 0.475. The lowest BCUT2D eigenvalue weighted by atomic mass is 9.75. The van der Waals surface area contributed by atoms with Crippen LogP contribution in [0.15, 0.2) is 55.1 Å². The number of carbonyl (C=O) groups excluding carboxylic acids is 3. The summed E-state index contributed by atoms with van der Waals surface area (Å²) < 4.78 is 2.16. The predicted octanol–water partition coefficient (Wildman–Crippen LogP) is 4.12. The smallest absolute Gasteiger partial charge is 0.268 e. The minimum Gasteiger partial charge on any atom is -0.348 e. The van der Waals surface area contributed by atoms with E-state index in [1.54, 1.807) is 0 Å². The Morgan fingerprint density at radius 2 is 2.00 bits per heavy atom. The molecule has 2 heterocycles. The van der Waals surface area contributed by atoms with Crippen molar-refractivity contribution in [2.75, 3.05) is 11.9 Å². The third kappa shape index (κ3) is 3.23. The van der Waals surface area contributed by atoms with E-state index in [-0.39, 0.29) is 29.6 Å². The van der Waals surface area contributed by atoms with Crippen LogP contribution in [0.4, 0.5) is 5.69 Å². The number of hydrogen-bond donors (Lipinski definition) is 2. The number of aromatic nitrogens is 1. The molecule has 1 spiro atoms. The van der Waals surface area contributed by atoms with Crippen molar-refractivity contribution in [3.8, 4) is 0 Å². The number of aryl methyl sites for hydroxylation is 1. The van der Waals surface area contributed by atoms with Gasteiger partial charge in [-0.3, -0.25) is 14.4 Å². The second-order valence-electron chi connectivity index (χ2n) is 8.84. The van der Waals surface area contributed by atoms with Crippen molar-refractivity contribution in [3.05, 3.63) is 77.5 Å². The molecule has 2 amide bonds. The minimum atomic E-state index is -0.283. The van der Waals surface area contributed by atoms with Gasteiger partial charge in [-0.1, -0.05) is 30.8 Å². The number of nitrogens with zero attached hydrogens (tertiary/aromatic N) is 1. The summed E-state index contributed by atoms with van der Waals surface area (Å²) in [5.41, 5.74) is 4.60. The Hall–Kier alpha value is -3.67. The van der Waals surface area contributed by atoms with Gasteiger partial charge in [0, 0.05) is 35.1 Å². The minimum absolute atomic E-state index is 0.00443. The highest BCUT2D eigenvalue weighted by Gasteiger charge is 2.44. The largest absolute Gasteiger partial charge is 0.348 e. The van der Waals surface area contributed by atoms with Crippen LogP contribution in [0.25, 0.3) is 10.9 Å². The summed E-state index contributed by atoms with van der Waals surface area (Å²) in [6.45, 7) is 6.03. The van der Waals surface area contributed by atoms with Crippen molar-refractivity contribution in [1.29, 1.82) is 0 Å². The summed E-state index contributed by atoms with van der Waals surface area (Å²) in [5, 5.41) is 6.79. The van der Waals surface area contributed by atoms with Crippen LogP contribution in [0.3, 0.4) is 0 Å². The van der Waals surface area contributed by atoms with E-state index in [0.717, 1.165) is 41.3 Å². The molecular weight excluding hydrogens is 402 g/mol. The Labute approximate surface area is 186 Å². The second kappa shape index (κ2) is 7.48. The summed E-state index contributed by atoms with van der Waals surface area (Å²) in [4.78, 5) is 37.3. The Bertz CT molecular complexity index is 1300. The Morgan fingerprint density at radius 1 is 1.19 bits per heavy atom. The average molecular weight is 428 g/mol. The van der Waals surface area contributed by atoms with E-state index in [1.807, 2.05) is 49.4 Å². The molecule has 1 aliphatic heterocycles. The molecule has 0 bridgehead atoms. The SMILES string of the molecule is C=CC(=O)Nc1cc(CC(=O)c2ccc3cc4n(c3c2)C2(CCC2)CNC4=O)ccc1C. The number of Topliss-reactive ketones (excluding diaryl/α,β-unsaturated/α-hetero) is 1. The van der Waals surface area contributed by atoms with Gasteiger partial charge in [-0.15, -0.1) is 0 Å². The zero-order valence-electron chi connectivity index (χ0n) is 18.0. The highest BCUT2D eigenvalue weighted by atomic mass is 16.2. The van der Waals surface area contributed by atoms with Gasteiger partial charge in [-0.25, -0.2) is 0 Å². The molecule has 1 saturated carbocycles. The topological polar surface area (TPSA) is 80.2 Å². The fraction of sp³-hybridized carbons (Fsp3) is 0.269. The lowest BCUT2D eigenvalue weighted by Gasteiger charge is -2.47. The fourth-order valence-electron chi connectivity index (χ4n) is 4.84. The Balaban J connectivity index is 1.47. The Kier molecular flexibility index (Phi) is 4.73. The molecular formula is C26H25N3O3. The molecule has 0 unspecified atom stereocenters. The van der Waals surface area contributed by atoms with Gasteiger partial charge in [0.25, 0.3) is 5.91 Å². The lowest BCUT2D eigenvalue weighted by Crippen LogP contribution is -2.55. The van der Waals surface area contributed by atoms with Crippen molar-refractivity contribution >= 4 is 34.2 Å². The number of ketones is 1. The molecule has 3 aromatic rings. The zero-order chi connectivity index (χ0) is 22.5. The number of anilines is 1. The molecule has 2 N–H and O–H groups in total. The molecule has 32 heavy (non-hydrogen) atoms. The highest BCUT2D eigenvalue weighted by molar-refractivity contribution is 6.04. The van der Waals surface area contributed by atoms with E-state index in [0.29, 0.717) is 23.5 Å². The Morgan fingerprint density at radius 3 is 2.72 bits per heavy atom. The molecule has 6 heteroatoms. The average Bonchev–Trinajstić information content (AvgIpc) is 3.15. The third-order valence-electron chi connectivity index (χ3n) is 6.81. The van der Waals surface area contributed by atoms with Crippen LogP contribution in [0.2, 0.25) is 0 Å². The molecule has 1 aromatic heterocycles. The first kappa shape index (κ1) is 20.2. The van der Waals surface area contributed by atoms with Crippen LogP contribution in [0, 0.1) is 6.92 Å². The van der Waals surface area contributed by atoms with Crippen LogP contribution in [-0.2, 0) is 16.8 Å². The molecule has 2 aliphatic rings. The maximum Gasteiger partial charge on any atom is 0.268 e. The van der Waals surface area contributed by atoms with Gasteiger partial charge in [0.1, 0.15) is 5.69 Å². The molecule has 0 atom stereocenters. The van der Waals surface area contributed by atoms with Gasteiger partial charge in [0.05, 0.1) is 5.54 Å². The molecule has 162 valence electrons. The van der Waals surface area contributed by atoms with Crippen LogP contribution in [0.5, 0.6) is 0 Å². The van der Waals surface area contributed by atoms with Crippen molar-refractivity contribution in [2.24, 2.45) is 0 Å². The fourth-order valence-corrected chi connectivity index (χ4v) is 4.84. The standard InChI is InChI=1S/C26H25N3O3/c1-3-24(31)28-20-11-17(6-5-16(20)2)12-23(30)19-8-7-18-13-22-25(32)27-15-26(9-4-10-26)29(22)21(18)14-19/h3,5-8,11,13-14H,1,4,9-10,12,15H2,2H3,(H,27,32)(H,28,31). The summed E-state index contributed by atoms with van der Waals surface area (Å²) >= 11 is 0. The monoisotopic (exact) mass is 427 g/mol. The number of rotatable bonds is 5. The van der Waals surface area contributed by atoms with E-state index >= 15 is 0 Å². The van der Waals surface area contributed by atoms with E-state index in [1.165, 1.54) is 6.08 Å². The molecule has 0 saturated heterocycles. The number of benzene rings is 2. The molecule has 0 radical (unpaired) electrons. The van der Waals surface area contributed by atoms with Crippen LogP contribution in [0.1, 0.15) is 51.2 Å². The van der Waals surface area contributed by atoms with Gasteiger partial charge in [-0.05, 0) is 61.6 Å². The molecule has 2 aromatic carbocycles. The van der Waals surface area contributed by atoms with Gasteiger partial charge < -0.3 is 15.2 Å². The van der Waals surface area contributed by atoms with Gasteiger partial charge >= 0.3 is 0 Å². The van der Waals surface area contributed by atoms with Crippen molar-refractivity contribution < 1.29 is 14.4 Å². The molecule has 5 rings (SSSR count). The maximum absolute atomic E-state index is 13.1. The molecule has 1 aliphatic carbocycles. The number of nitrogens with one attached hydrogen (secondary N) is 2. The second-order valence-corrected chi connectivity index (χ2v) is 8.84. The molecule has 6 nitrogen and oxygen atoms in total. The third-order valence-corrected chi connectivity index (χ3v) is 6.81. The van der Waals surface area contributed by atoms with Gasteiger partial charge in [-0.2, -0.15) is 0 Å². The summed E-state index contributed by atoms with van der Waals surface area (Å²) in [5.74, 6) is -0.343. The van der Waals surface area contributed by atoms with E-state index < -0.39 is 0 Å². The summed E-state index contributed by atoms with van der Waals surface area (Å²) in [7, 11) is 0. The lowest BCUT2D eigenvalue weighted by molar-refractivity contribution is -0.111. The molecule has 1 fully saturated rings. The first-order valence-electron chi connectivity index (χ1n) is 10.9. The van der Waals surface area contributed by atoms with Crippen LogP contribution >= 0.6 is 0 Å². The van der Waals surface area contributed by atoms with Crippen molar-refractivity contribution in [3.63, 3.8) is 0 Å². The van der Waals surface area contributed by atoms with E-state index in [9.17, 15) is 14.4 Å². The van der Waals surface area contributed by atoms with E-state index in [2.05, 4.69) is 21.8 Å². The predicted molar refractivity (Wildman–Crippen MR) is 124 cm³/mol. The summed E-state index contributed by atoms with van der Waals surface area (Å²) in [6.07, 6.45) is 4.66. The summed E-state index contributed by atoms with van der Waals surface area (Å²) in [6, 6.07) is 13.2. The first-order valence-corrected chi connectivity index (χ1v) is 10.9. The van der Waals surface area contributed by atoms with Gasteiger partial charge in [0.2, 0.25) is 5.91 Å². The van der Waals surface area contributed by atoms with Crippen molar-refractivity contribution in [1.82, 2.24) is 9.88 Å². The number of amides is 2. The number of carbonyl (C=O) groups is 3. The maximum atomic E-state index is 13.1.